The summed E-state index contributed by atoms with van der Waals surface area (Å²) in [6, 6.07) is 4.60. The van der Waals surface area contributed by atoms with Crippen LogP contribution < -0.4 is 5.73 Å². The largest absolute Gasteiger partial charge is 0.369 e. The molecule has 98 valence electrons. The molecule has 0 amide bonds. The van der Waals surface area contributed by atoms with Crippen LogP contribution in [0.3, 0.4) is 0 Å². The van der Waals surface area contributed by atoms with E-state index < -0.39 is 0 Å². The van der Waals surface area contributed by atoms with Gasteiger partial charge in [-0.05, 0) is 58.1 Å². The second kappa shape index (κ2) is 4.61. The Morgan fingerprint density at radius 2 is 1.89 bits per heavy atom. The van der Waals surface area contributed by atoms with Crippen LogP contribution in [-0.4, -0.2) is 35.1 Å². The lowest BCUT2D eigenvalue weighted by Crippen LogP contribution is -2.23. The molecule has 0 saturated heterocycles. The third-order valence-corrected chi connectivity index (χ3v) is 3.40. The van der Waals surface area contributed by atoms with Crippen molar-refractivity contribution in [2.24, 2.45) is 0 Å². The maximum absolute atomic E-state index is 6.06. The molecule has 18 heavy (non-hydrogen) atoms. The number of benzene rings is 1. The monoisotopic (exact) mass is 246 g/mol. The zero-order chi connectivity index (χ0) is 13.4. The van der Waals surface area contributed by atoms with Crippen molar-refractivity contribution in [2.45, 2.75) is 26.8 Å². The first kappa shape index (κ1) is 12.9. The molecule has 1 unspecified atom stereocenters. The Morgan fingerprint density at radius 3 is 2.50 bits per heavy atom. The van der Waals surface area contributed by atoms with Crippen LogP contribution in [0.1, 0.15) is 24.1 Å². The summed E-state index contributed by atoms with van der Waals surface area (Å²) in [7, 11) is 4.14. The van der Waals surface area contributed by atoms with Gasteiger partial charge in [0.15, 0.2) is 0 Å². The van der Waals surface area contributed by atoms with Crippen LogP contribution in [0.2, 0.25) is 0 Å². The number of rotatable bonds is 3. The average Bonchev–Trinajstić information content (AvgIpc) is 2.53. The molecule has 1 aromatic carbocycles. The second-order valence-corrected chi connectivity index (χ2v) is 5.38. The summed E-state index contributed by atoms with van der Waals surface area (Å²) in [5.41, 5.74) is 10.7. The van der Waals surface area contributed by atoms with Crippen LogP contribution in [0.25, 0.3) is 11.0 Å². The summed E-state index contributed by atoms with van der Waals surface area (Å²) in [6.07, 6.45) is 0. The van der Waals surface area contributed by atoms with Crippen molar-refractivity contribution in [3.63, 3.8) is 0 Å². The van der Waals surface area contributed by atoms with Gasteiger partial charge >= 0.3 is 0 Å². The first-order chi connectivity index (χ1) is 8.40. The fraction of sp³-hybridized carbons (Fsp3) is 0.500. The highest BCUT2D eigenvalue weighted by molar-refractivity contribution is 5.80. The third-order valence-electron chi connectivity index (χ3n) is 3.40. The molecule has 1 atom stereocenters. The molecule has 2 aromatic rings. The Morgan fingerprint density at radius 1 is 1.28 bits per heavy atom. The van der Waals surface area contributed by atoms with E-state index in [1.807, 2.05) is 0 Å². The summed E-state index contributed by atoms with van der Waals surface area (Å²) >= 11 is 0. The summed E-state index contributed by atoms with van der Waals surface area (Å²) in [6.45, 7) is 7.35. The van der Waals surface area contributed by atoms with Gasteiger partial charge in [0.2, 0.25) is 5.95 Å². The number of hydrogen-bond donors (Lipinski definition) is 1. The van der Waals surface area contributed by atoms with E-state index in [-0.39, 0.29) is 0 Å². The standard InChI is InChI=1S/C14H22N4/c1-9-6-12-13(7-10(9)2)18(14(15)16-12)11(3)8-17(4)5/h6-7,11H,8H2,1-5H3,(H2,15,16). The van der Waals surface area contributed by atoms with Crippen LogP contribution in [0.5, 0.6) is 0 Å². The van der Waals surface area contributed by atoms with Crippen LogP contribution in [-0.2, 0) is 0 Å². The molecule has 0 radical (unpaired) electrons. The minimum atomic E-state index is 0.312. The molecule has 2 N–H and O–H groups in total. The van der Waals surface area contributed by atoms with E-state index in [0.717, 1.165) is 17.6 Å². The number of nitrogens with two attached hydrogens (primary N) is 1. The Bertz CT molecular complexity index is 569. The average molecular weight is 246 g/mol. The van der Waals surface area contributed by atoms with E-state index >= 15 is 0 Å². The molecular formula is C14H22N4. The number of imidazole rings is 1. The summed E-state index contributed by atoms with van der Waals surface area (Å²) in [5.74, 6) is 0.601. The quantitative estimate of drug-likeness (QED) is 0.904. The lowest BCUT2D eigenvalue weighted by Gasteiger charge is -2.20. The first-order valence-electron chi connectivity index (χ1n) is 6.29. The Labute approximate surface area is 108 Å². The number of fused-ring (bicyclic) bond motifs is 1. The fourth-order valence-electron chi connectivity index (χ4n) is 2.44. The van der Waals surface area contributed by atoms with Crippen LogP contribution in [0, 0.1) is 13.8 Å². The van der Waals surface area contributed by atoms with Crippen LogP contribution in [0.4, 0.5) is 5.95 Å². The zero-order valence-electron chi connectivity index (χ0n) is 11.9. The summed E-state index contributed by atoms with van der Waals surface area (Å²) in [5, 5.41) is 0. The lowest BCUT2D eigenvalue weighted by molar-refractivity contribution is 0.342. The molecule has 4 nitrogen and oxygen atoms in total. The molecule has 0 aliphatic heterocycles. The number of likely N-dealkylation sites (N-methyl/N-ethyl adjacent to an activating group) is 1. The predicted octanol–water partition coefficient (Wildman–Crippen LogP) is 2.36. The maximum Gasteiger partial charge on any atom is 0.201 e. The molecule has 0 saturated carbocycles. The van der Waals surface area contributed by atoms with Gasteiger partial charge in [-0.15, -0.1) is 0 Å². The molecule has 2 rings (SSSR count). The number of anilines is 1. The predicted molar refractivity (Wildman–Crippen MR) is 76.9 cm³/mol. The van der Waals surface area contributed by atoms with Crippen molar-refractivity contribution < 1.29 is 0 Å². The van der Waals surface area contributed by atoms with Crippen molar-refractivity contribution in [1.82, 2.24) is 14.5 Å². The minimum absolute atomic E-state index is 0.312. The SMILES string of the molecule is Cc1cc2nc(N)n(C(C)CN(C)C)c2cc1C. The van der Waals surface area contributed by atoms with E-state index in [9.17, 15) is 0 Å². The van der Waals surface area contributed by atoms with Gasteiger partial charge < -0.3 is 15.2 Å². The van der Waals surface area contributed by atoms with Gasteiger partial charge in [-0.25, -0.2) is 4.98 Å². The molecular weight excluding hydrogens is 224 g/mol. The topological polar surface area (TPSA) is 47.1 Å². The summed E-state index contributed by atoms with van der Waals surface area (Å²) < 4.78 is 2.13. The molecule has 0 aliphatic carbocycles. The van der Waals surface area contributed by atoms with E-state index in [1.165, 1.54) is 11.1 Å². The fourth-order valence-corrected chi connectivity index (χ4v) is 2.44. The van der Waals surface area contributed by atoms with E-state index in [2.05, 4.69) is 61.5 Å². The van der Waals surface area contributed by atoms with Gasteiger partial charge in [-0.1, -0.05) is 0 Å². The Balaban J connectivity index is 2.56. The second-order valence-electron chi connectivity index (χ2n) is 5.38. The minimum Gasteiger partial charge on any atom is -0.369 e. The van der Waals surface area contributed by atoms with E-state index in [4.69, 9.17) is 5.73 Å². The smallest absolute Gasteiger partial charge is 0.201 e. The highest BCUT2D eigenvalue weighted by Gasteiger charge is 2.15. The maximum atomic E-state index is 6.06. The third kappa shape index (κ3) is 2.20. The van der Waals surface area contributed by atoms with Crippen LogP contribution in [0.15, 0.2) is 12.1 Å². The summed E-state index contributed by atoms with van der Waals surface area (Å²) in [4.78, 5) is 6.63. The number of hydrogen-bond acceptors (Lipinski definition) is 3. The molecule has 0 aliphatic rings. The van der Waals surface area contributed by atoms with Crippen molar-refractivity contribution in [2.75, 3.05) is 26.4 Å². The molecule has 0 fully saturated rings. The number of aryl methyl sites for hydroxylation is 2. The van der Waals surface area contributed by atoms with Crippen molar-refractivity contribution in [3.8, 4) is 0 Å². The van der Waals surface area contributed by atoms with Crippen LogP contribution >= 0.6 is 0 Å². The first-order valence-corrected chi connectivity index (χ1v) is 6.29. The molecule has 1 aromatic heterocycles. The Kier molecular flexibility index (Phi) is 3.30. The van der Waals surface area contributed by atoms with Gasteiger partial charge in [0.1, 0.15) is 0 Å². The van der Waals surface area contributed by atoms with Crippen molar-refractivity contribution in [3.05, 3.63) is 23.3 Å². The van der Waals surface area contributed by atoms with E-state index in [0.29, 0.717) is 12.0 Å². The molecule has 4 heteroatoms. The van der Waals surface area contributed by atoms with Gasteiger partial charge in [0.05, 0.1) is 11.0 Å². The number of aromatic nitrogens is 2. The lowest BCUT2D eigenvalue weighted by atomic mass is 10.1. The van der Waals surface area contributed by atoms with Gasteiger partial charge in [0.25, 0.3) is 0 Å². The molecule has 0 spiro atoms. The van der Waals surface area contributed by atoms with Gasteiger partial charge in [-0.2, -0.15) is 0 Å². The highest BCUT2D eigenvalue weighted by Crippen LogP contribution is 2.25. The normalized spacial score (nSPS) is 13.4. The number of nitrogen functional groups attached to an aromatic ring is 1. The number of nitrogens with zero attached hydrogens (tertiary/aromatic N) is 3. The van der Waals surface area contributed by atoms with Gasteiger partial charge in [0, 0.05) is 12.6 Å². The van der Waals surface area contributed by atoms with Gasteiger partial charge in [-0.3, -0.25) is 0 Å². The van der Waals surface area contributed by atoms with E-state index in [1.54, 1.807) is 0 Å². The Hall–Kier alpha value is -1.55. The zero-order valence-corrected chi connectivity index (χ0v) is 11.9. The highest BCUT2D eigenvalue weighted by atomic mass is 15.2. The molecule has 0 bridgehead atoms. The van der Waals surface area contributed by atoms with Crippen molar-refractivity contribution >= 4 is 17.0 Å². The van der Waals surface area contributed by atoms with Crippen molar-refractivity contribution in [1.29, 1.82) is 0 Å². The molecule has 1 heterocycles.